The second-order valence-corrected chi connectivity index (χ2v) is 6.83. The summed E-state index contributed by atoms with van der Waals surface area (Å²) in [4.78, 5) is 0. The number of aryl methyl sites for hydroxylation is 1. The molecule has 0 saturated heterocycles. The predicted octanol–water partition coefficient (Wildman–Crippen LogP) is 4.06. The zero-order chi connectivity index (χ0) is 19.8. The Balaban J connectivity index is 1.92. The minimum absolute atomic E-state index is 0.0685. The van der Waals surface area contributed by atoms with Crippen molar-refractivity contribution in [1.82, 2.24) is 9.78 Å². The van der Waals surface area contributed by atoms with Crippen LogP contribution < -0.4 is 15.2 Å². The fourth-order valence-corrected chi connectivity index (χ4v) is 3.61. The molecule has 6 nitrogen and oxygen atoms in total. The average Bonchev–Trinajstić information content (AvgIpc) is 3.03. The number of hydrogen-bond acceptors (Lipinski definition) is 5. The van der Waals surface area contributed by atoms with Crippen LogP contribution in [0.5, 0.6) is 11.6 Å². The lowest BCUT2D eigenvalue weighted by atomic mass is 9.84. The number of hydrogen-bond donors (Lipinski definition) is 1. The highest BCUT2D eigenvalue weighted by atomic mass is 35.5. The van der Waals surface area contributed by atoms with Crippen molar-refractivity contribution in [2.75, 3.05) is 7.11 Å². The van der Waals surface area contributed by atoms with E-state index < -0.39 is 0 Å². The molecule has 2 N–H and O–H groups in total. The molecule has 0 aliphatic carbocycles. The van der Waals surface area contributed by atoms with Gasteiger partial charge >= 0.3 is 0 Å². The molecule has 4 rings (SSSR count). The van der Waals surface area contributed by atoms with Crippen molar-refractivity contribution in [1.29, 1.82) is 5.26 Å². The molecule has 1 aromatic heterocycles. The molecule has 1 aliphatic rings. The van der Waals surface area contributed by atoms with E-state index in [-0.39, 0.29) is 11.8 Å². The second kappa shape index (κ2) is 6.95. The van der Waals surface area contributed by atoms with Gasteiger partial charge in [-0.1, -0.05) is 29.8 Å². The Morgan fingerprint density at radius 3 is 2.64 bits per heavy atom. The Kier molecular flexibility index (Phi) is 4.46. The monoisotopic (exact) mass is 392 g/mol. The molecular weight excluding hydrogens is 376 g/mol. The predicted molar refractivity (Wildman–Crippen MR) is 106 cm³/mol. The third kappa shape index (κ3) is 2.86. The summed E-state index contributed by atoms with van der Waals surface area (Å²) in [5, 5.41) is 15.0. The van der Waals surface area contributed by atoms with Gasteiger partial charge in [0.25, 0.3) is 0 Å². The Bertz CT molecular complexity index is 1130. The highest BCUT2D eigenvalue weighted by Gasteiger charge is 2.36. The van der Waals surface area contributed by atoms with E-state index in [2.05, 4.69) is 11.2 Å². The fraction of sp³-hybridized carbons (Fsp3) is 0.143. The molecule has 1 atom stereocenters. The first kappa shape index (κ1) is 18.0. The van der Waals surface area contributed by atoms with Crippen LogP contribution in [-0.4, -0.2) is 16.9 Å². The van der Waals surface area contributed by atoms with E-state index in [1.807, 2.05) is 43.3 Å². The topological polar surface area (TPSA) is 86.1 Å². The van der Waals surface area contributed by atoms with Gasteiger partial charge in [0.15, 0.2) is 0 Å². The zero-order valence-corrected chi connectivity index (χ0v) is 16.1. The van der Waals surface area contributed by atoms with Crippen molar-refractivity contribution in [3.05, 3.63) is 81.8 Å². The van der Waals surface area contributed by atoms with E-state index >= 15 is 0 Å². The second-order valence-electron chi connectivity index (χ2n) is 6.39. The molecule has 0 spiro atoms. The van der Waals surface area contributed by atoms with Gasteiger partial charge in [-0.05, 0) is 42.8 Å². The summed E-state index contributed by atoms with van der Waals surface area (Å²) in [5.41, 5.74) is 9.67. The Labute approximate surface area is 167 Å². The molecule has 28 heavy (non-hydrogen) atoms. The van der Waals surface area contributed by atoms with Crippen molar-refractivity contribution < 1.29 is 9.47 Å². The summed E-state index contributed by atoms with van der Waals surface area (Å²) in [6.45, 7) is 1.89. The first-order valence-corrected chi connectivity index (χ1v) is 8.98. The van der Waals surface area contributed by atoms with Gasteiger partial charge in [-0.15, -0.1) is 0 Å². The third-order valence-corrected chi connectivity index (χ3v) is 4.97. The number of ether oxygens (including phenoxy) is 2. The van der Waals surface area contributed by atoms with Gasteiger partial charge in [-0.2, -0.15) is 10.4 Å². The fourth-order valence-electron chi connectivity index (χ4n) is 3.43. The van der Waals surface area contributed by atoms with E-state index in [1.54, 1.807) is 23.9 Å². The number of nitrogens with zero attached hydrogens (tertiary/aromatic N) is 3. The molecule has 0 bridgehead atoms. The molecule has 0 fully saturated rings. The van der Waals surface area contributed by atoms with E-state index in [1.165, 1.54) is 0 Å². The summed E-state index contributed by atoms with van der Waals surface area (Å²) in [7, 11) is 1.61. The number of nitrogens with two attached hydrogens (primary N) is 1. The van der Waals surface area contributed by atoms with Crippen LogP contribution in [0.15, 0.2) is 60.0 Å². The van der Waals surface area contributed by atoms with Crippen LogP contribution in [0, 0.1) is 18.3 Å². The first-order valence-electron chi connectivity index (χ1n) is 8.60. The minimum atomic E-state index is -0.382. The number of fused-ring (bicyclic) bond motifs is 1. The molecule has 0 unspecified atom stereocenters. The number of nitriles is 1. The first-order chi connectivity index (χ1) is 13.5. The molecule has 0 saturated carbocycles. The minimum Gasteiger partial charge on any atom is -0.497 e. The largest absolute Gasteiger partial charge is 0.497 e. The average molecular weight is 393 g/mol. The summed E-state index contributed by atoms with van der Waals surface area (Å²) in [6, 6.07) is 17.0. The summed E-state index contributed by atoms with van der Waals surface area (Å²) in [6.07, 6.45) is 0. The maximum absolute atomic E-state index is 9.73. The quantitative estimate of drug-likeness (QED) is 0.726. The maximum atomic E-state index is 9.73. The number of rotatable bonds is 3. The van der Waals surface area contributed by atoms with E-state index in [4.69, 9.17) is 26.8 Å². The molecule has 0 radical (unpaired) electrons. The van der Waals surface area contributed by atoms with Crippen molar-refractivity contribution in [2.45, 2.75) is 12.8 Å². The van der Waals surface area contributed by atoms with Crippen molar-refractivity contribution in [3.8, 4) is 23.4 Å². The molecule has 1 aliphatic heterocycles. The lowest BCUT2D eigenvalue weighted by Crippen LogP contribution is -2.22. The van der Waals surface area contributed by atoms with Crippen molar-refractivity contribution in [3.63, 3.8) is 0 Å². The van der Waals surface area contributed by atoms with Crippen LogP contribution in [-0.2, 0) is 0 Å². The maximum Gasteiger partial charge on any atom is 0.229 e. The van der Waals surface area contributed by atoms with Crippen LogP contribution in [0.25, 0.3) is 5.69 Å². The van der Waals surface area contributed by atoms with Crippen LogP contribution in [0.3, 0.4) is 0 Å². The highest BCUT2D eigenvalue weighted by Crippen LogP contribution is 2.44. The molecular formula is C21H17ClN4O2. The highest BCUT2D eigenvalue weighted by molar-refractivity contribution is 6.30. The Hall–Kier alpha value is -3.43. The van der Waals surface area contributed by atoms with Gasteiger partial charge in [0.2, 0.25) is 11.8 Å². The number of benzene rings is 2. The molecule has 7 heteroatoms. The number of halogens is 1. The third-order valence-electron chi connectivity index (χ3n) is 4.73. The molecule has 140 valence electrons. The van der Waals surface area contributed by atoms with Gasteiger partial charge in [0.1, 0.15) is 17.4 Å². The molecule has 2 heterocycles. The summed E-state index contributed by atoms with van der Waals surface area (Å²) >= 11 is 6.14. The lowest BCUT2D eigenvalue weighted by Gasteiger charge is -2.25. The van der Waals surface area contributed by atoms with Gasteiger partial charge in [-0.3, -0.25) is 0 Å². The summed E-state index contributed by atoms with van der Waals surface area (Å²) < 4.78 is 12.7. The zero-order valence-electron chi connectivity index (χ0n) is 15.3. The molecule has 0 amide bonds. The molecule has 2 aromatic carbocycles. The standard InChI is InChI=1S/C21H17ClN4O2/c1-12-18-19(13-6-8-16(27-2)9-7-13)17(11-23)20(24)28-21(18)26(25-12)15-5-3-4-14(22)10-15/h3-10,19H,24H2,1-2H3/t19-/m1/s1. The number of allylic oxidation sites excluding steroid dienone is 1. The van der Waals surface area contributed by atoms with E-state index in [0.717, 1.165) is 28.3 Å². The smallest absolute Gasteiger partial charge is 0.229 e. The summed E-state index contributed by atoms with van der Waals surface area (Å²) in [5.74, 6) is 0.904. The van der Waals surface area contributed by atoms with E-state index in [0.29, 0.717) is 16.5 Å². The lowest BCUT2D eigenvalue weighted by molar-refractivity contribution is 0.367. The van der Waals surface area contributed by atoms with Gasteiger partial charge < -0.3 is 15.2 Å². The van der Waals surface area contributed by atoms with Crippen LogP contribution in [0.2, 0.25) is 5.02 Å². The Morgan fingerprint density at radius 2 is 2.00 bits per heavy atom. The van der Waals surface area contributed by atoms with Gasteiger partial charge in [-0.25, -0.2) is 4.68 Å². The Morgan fingerprint density at radius 1 is 1.25 bits per heavy atom. The van der Waals surface area contributed by atoms with Crippen molar-refractivity contribution in [2.24, 2.45) is 5.73 Å². The van der Waals surface area contributed by atoms with E-state index in [9.17, 15) is 5.26 Å². The normalized spacial score (nSPS) is 15.6. The number of methoxy groups -OCH3 is 1. The SMILES string of the molecule is COc1ccc([C@@H]2C(C#N)=C(N)Oc3c2c(C)nn3-c2cccc(Cl)c2)cc1. The van der Waals surface area contributed by atoms with Crippen LogP contribution >= 0.6 is 11.6 Å². The van der Waals surface area contributed by atoms with Gasteiger partial charge in [0, 0.05) is 5.02 Å². The molecule has 3 aromatic rings. The van der Waals surface area contributed by atoms with Gasteiger partial charge in [0.05, 0.1) is 30.0 Å². The van der Waals surface area contributed by atoms with Crippen LogP contribution in [0.1, 0.15) is 22.7 Å². The van der Waals surface area contributed by atoms with Crippen LogP contribution in [0.4, 0.5) is 0 Å². The van der Waals surface area contributed by atoms with Crippen molar-refractivity contribution >= 4 is 11.6 Å². The number of aromatic nitrogens is 2.